The minimum atomic E-state index is -0.299. The van der Waals surface area contributed by atoms with E-state index in [-0.39, 0.29) is 5.91 Å². The van der Waals surface area contributed by atoms with Crippen LogP contribution in [0.25, 0.3) is 0 Å². The normalized spacial score (nSPS) is 16.0. The highest BCUT2D eigenvalue weighted by atomic mass is 32.1. The van der Waals surface area contributed by atoms with Gasteiger partial charge in [-0.05, 0) is 12.8 Å². The van der Waals surface area contributed by atoms with E-state index in [1.165, 1.54) is 41.5 Å². The highest BCUT2D eigenvalue weighted by Crippen LogP contribution is 2.35. The number of nitrogens with one attached hydrogen (secondary N) is 1. The second kappa shape index (κ2) is 5.80. The number of hydrogen-bond donors (Lipinski definition) is 2. The fourth-order valence-corrected chi connectivity index (χ4v) is 3.49. The van der Waals surface area contributed by atoms with Gasteiger partial charge in [-0.2, -0.15) is 5.10 Å². The number of nitrogens with zero attached hydrogens (tertiary/aromatic N) is 4. The number of nitrogen functional groups attached to an aromatic ring is 1. The number of nitrogens with two attached hydrogens (primary N) is 1. The number of aryl methyl sites for hydroxylation is 1. The van der Waals surface area contributed by atoms with E-state index < -0.39 is 0 Å². The Labute approximate surface area is 126 Å². The Morgan fingerprint density at radius 2 is 2.14 bits per heavy atom. The molecule has 1 fully saturated rings. The van der Waals surface area contributed by atoms with Crippen molar-refractivity contribution in [2.75, 3.05) is 11.1 Å². The molecule has 0 aliphatic heterocycles. The standard InChI is InChI=1S/C13H18N6OS/c1-19-10(14)9(7-15-19)11(20)16-13-18-17-12(21-13)8-5-3-2-4-6-8/h7-8H,2-6,14H2,1H3,(H,16,18,20). The molecule has 2 aromatic heterocycles. The maximum absolute atomic E-state index is 12.1. The lowest BCUT2D eigenvalue weighted by atomic mass is 9.90. The van der Waals surface area contributed by atoms with E-state index >= 15 is 0 Å². The number of aromatic nitrogens is 4. The third-order valence-electron chi connectivity index (χ3n) is 3.84. The highest BCUT2D eigenvalue weighted by molar-refractivity contribution is 7.15. The van der Waals surface area contributed by atoms with Crippen LogP contribution in [0.2, 0.25) is 0 Å². The first kappa shape index (κ1) is 14.0. The van der Waals surface area contributed by atoms with Crippen molar-refractivity contribution >= 4 is 28.2 Å². The second-order valence-electron chi connectivity index (χ2n) is 5.30. The average Bonchev–Trinajstić information content (AvgIpc) is 3.08. The third kappa shape index (κ3) is 2.90. The maximum Gasteiger partial charge on any atom is 0.262 e. The number of carbonyl (C=O) groups excluding carboxylic acids is 1. The van der Waals surface area contributed by atoms with E-state index in [1.807, 2.05) is 0 Å². The number of amides is 1. The Morgan fingerprint density at radius 3 is 2.81 bits per heavy atom. The lowest BCUT2D eigenvalue weighted by Crippen LogP contribution is -2.13. The molecule has 0 bridgehead atoms. The van der Waals surface area contributed by atoms with Gasteiger partial charge in [0, 0.05) is 13.0 Å². The molecule has 1 saturated carbocycles. The van der Waals surface area contributed by atoms with Gasteiger partial charge in [-0.1, -0.05) is 30.6 Å². The van der Waals surface area contributed by atoms with Gasteiger partial charge in [0.2, 0.25) is 5.13 Å². The van der Waals surface area contributed by atoms with Crippen LogP contribution in [-0.2, 0) is 7.05 Å². The van der Waals surface area contributed by atoms with Crippen molar-refractivity contribution in [2.24, 2.45) is 7.05 Å². The van der Waals surface area contributed by atoms with Gasteiger partial charge >= 0.3 is 0 Å². The number of anilines is 2. The van der Waals surface area contributed by atoms with Crippen LogP contribution in [0.15, 0.2) is 6.20 Å². The molecule has 0 radical (unpaired) electrons. The first-order chi connectivity index (χ1) is 10.1. The fourth-order valence-electron chi connectivity index (χ4n) is 2.59. The molecular weight excluding hydrogens is 288 g/mol. The molecule has 2 heterocycles. The molecule has 0 saturated heterocycles. The lowest BCUT2D eigenvalue weighted by molar-refractivity contribution is 0.102. The molecule has 112 valence electrons. The van der Waals surface area contributed by atoms with E-state index in [0.29, 0.717) is 22.4 Å². The van der Waals surface area contributed by atoms with Crippen molar-refractivity contribution in [1.82, 2.24) is 20.0 Å². The summed E-state index contributed by atoms with van der Waals surface area (Å²) < 4.78 is 1.46. The highest BCUT2D eigenvalue weighted by Gasteiger charge is 2.21. The monoisotopic (exact) mass is 306 g/mol. The molecule has 2 aromatic rings. The molecule has 3 rings (SSSR count). The van der Waals surface area contributed by atoms with Crippen LogP contribution in [0.3, 0.4) is 0 Å². The summed E-state index contributed by atoms with van der Waals surface area (Å²) in [6, 6.07) is 0. The minimum Gasteiger partial charge on any atom is -0.383 e. The van der Waals surface area contributed by atoms with Crippen molar-refractivity contribution in [3.8, 4) is 0 Å². The average molecular weight is 306 g/mol. The molecule has 0 unspecified atom stereocenters. The summed E-state index contributed by atoms with van der Waals surface area (Å²) in [5.74, 6) is 0.529. The van der Waals surface area contributed by atoms with Crippen LogP contribution in [-0.4, -0.2) is 25.9 Å². The van der Waals surface area contributed by atoms with E-state index in [4.69, 9.17) is 5.73 Å². The molecule has 1 amide bonds. The third-order valence-corrected chi connectivity index (χ3v) is 4.85. The minimum absolute atomic E-state index is 0.299. The Bertz CT molecular complexity index is 643. The van der Waals surface area contributed by atoms with Crippen LogP contribution in [0, 0.1) is 0 Å². The van der Waals surface area contributed by atoms with Gasteiger partial charge in [0.1, 0.15) is 16.4 Å². The van der Waals surface area contributed by atoms with Crippen LogP contribution in [0.1, 0.15) is 53.4 Å². The molecule has 0 aromatic carbocycles. The quantitative estimate of drug-likeness (QED) is 0.905. The van der Waals surface area contributed by atoms with Crippen molar-refractivity contribution in [3.05, 3.63) is 16.8 Å². The number of hydrogen-bond acceptors (Lipinski definition) is 6. The van der Waals surface area contributed by atoms with E-state index in [1.54, 1.807) is 7.05 Å². The summed E-state index contributed by atoms with van der Waals surface area (Å²) in [7, 11) is 1.69. The lowest BCUT2D eigenvalue weighted by Gasteiger charge is -2.18. The molecule has 7 nitrogen and oxygen atoms in total. The Hall–Kier alpha value is -1.96. The van der Waals surface area contributed by atoms with Crippen LogP contribution < -0.4 is 11.1 Å². The molecular formula is C13H18N6OS. The van der Waals surface area contributed by atoms with Crippen molar-refractivity contribution < 1.29 is 4.79 Å². The number of rotatable bonds is 3. The van der Waals surface area contributed by atoms with Crippen molar-refractivity contribution in [3.63, 3.8) is 0 Å². The Morgan fingerprint density at radius 1 is 1.38 bits per heavy atom. The smallest absolute Gasteiger partial charge is 0.262 e. The topological polar surface area (TPSA) is 98.7 Å². The zero-order chi connectivity index (χ0) is 14.8. The second-order valence-corrected chi connectivity index (χ2v) is 6.31. The zero-order valence-corrected chi connectivity index (χ0v) is 12.7. The molecule has 8 heteroatoms. The first-order valence-electron chi connectivity index (χ1n) is 7.07. The van der Waals surface area contributed by atoms with Crippen LogP contribution in [0.5, 0.6) is 0 Å². The van der Waals surface area contributed by atoms with Gasteiger partial charge in [0.25, 0.3) is 5.91 Å². The van der Waals surface area contributed by atoms with E-state index in [9.17, 15) is 4.79 Å². The van der Waals surface area contributed by atoms with Gasteiger partial charge < -0.3 is 5.73 Å². The van der Waals surface area contributed by atoms with Gasteiger partial charge in [0.15, 0.2) is 0 Å². The van der Waals surface area contributed by atoms with Gasteiger partial charge in [-0.15, -0.1) is 10.2 Å². The number of carbonyl (C=O) groups is 1. The SMILES string of the molecule is Cn1ncc(C(=O)Nc2nnc(C3CCCCC3)s2)c1N. The largest absolute Gasteiger partial charge is 0.383 e. The predicted molar refractivity (Wildman–Crippen MR) is 81.3 cm³/mol. The summed E-state index contributed by atoms with van der Waals surface area (Å²) in [5, 5.41) is 16.5. The van der Waals surface area contributed by atoms with Crippen molar-refractivity contribution in [1.29, 1.82) is 0 Å². The molecule has 0 atom stereocenters. The predicted octanol–water partition coefficient (Wildman–Crippen LogP) is 2.15. The van der Waals surface area contributed by atoms with Crippen LogP contribution in [0.4, 0.5) is 10.9 Å². The molecule has 1 aliphatic carbocycles. The van der Waals surface area contributed by atoms with E-state index in [2.05, 4.69) is 20.6 Å². The summed E-state index contributed by atoms with van der Waals surface area (Å²) in [6.45, 7) is 0. The molecule has 3 N–H and O–H groups in total. The van der Waals surface area contributed by atoms with Crippen molar-refractivity contribution in [2.45, 2.75) is 38.0 Å². The molecule has 1 aliphatic rings. The Kier molecular flexibility index (Phi) is 3.87. The first-order valence-corrected chi connectivity index (χ1v) is 7.89. The van der Waals surface area contributed by atoms with E-state index in [0.717, 1.165) is 17.8 Å². The summed E-state index contributed by atoms with van der Waals surface area (Å²) >= 11 is 1.45. The van der Waals surface area contributed by atoms with Gasteiger partial charge in [0.05, 0.1) is 6.20 Å². The summed E-state index contributed by atoms with van der Waals surface area (Å²) in [5.41, 5.74) is 6.14. The summed E-state index contributed by atoms with van der Waals surface area (Å²) in [4.78, 5) is 12.1. The zero-order valence-electron chi connectivity index (χ0n) is 11.9. The van der Waals surface area contributed by atoms with Gasteiger partial charge in [-0.25, -0.2) is 0 Å². The maximum atomic E-state index is 12.1. The van der Waals surface area contributed by atoms with Gasteiger partial charge in [-0.3, -0.25) is 14.8 Å². The molecule has 0 spiro atoms. The van der Waals surface area contributed by atoms with Crippen LogP contribution >= 0.6 is 11.3 Å². The summed E-state index contributed by atoms with van der Waals surface area (Å²) in [6.07, 6.45) is 7.58. The fraction of sp³-hybridized carbons (Fsp3) is 0.538. The molecule has 21 heavy (non-hydrogen) atoms. The Balaban J connectivity index is 1.69.